The number of aliphatic hydroxyl groups is 1. The zero-order chi connectivity index (χ0) is 13.0. The number of nitrogens with one attached hydrogen (secondary N) is 1. The minimum Gasteiger partial charge on any atom is -0.396 e. The van der Waals surface area contributed by atoms with Crippen LogP contribution in [-0.2, 0) is 12.8 Å². The van der Waals surface area contributed by atoms with Gasteiger partial charge in [-0.15, -0.1) is 0 Å². The van der Waals surface area contributed by atoms with Crippen LogP contribution in [0.25, 0.3) is 0 Å². The van der Waals surface area contributed by atoms with Gasteiger partial charge in [0, 0.05) is 17.7 Å². The fourth-order valence-corrected chi connectivity index (χ4v) is 2.58. The van der Waals surface area contributed by atoms with Crippen molar-refractivity contribution in [3.8, 4) is 0 Å². The van der Waals surface area contributed by atoms with Crippen molar-refractivity contribution >= 4 is 5.82 Å². The van der Waals surface area contributed by atoms with Crippen LogP contribution in [0.2, 0.25) is 0 Å². The van der Waals surface area contributed by atoms with Gasteiger partial charge in [-0.05, 0) is 43.7 Å². The van der Waals surface area contributed by atoms with Crippen molar-refractivity contribution in [2.45, 2.75) is 46.0 Å². The van der Waals surface area contributed by atoms with Crippen molar-refractivity contribution in [3.05, 3.63) is 23.4 Å². The minimum atomic E-state index is -0.0132. The molecule has 0 atom stereocenters. The number of pyridine rings is 1. The maximum absolute atomic E-state index is 9.55. The summed E-state index contributed by atoms with van der Waals surface area (Å²) >= 11 is 0. The monoisotopic (exact) mass is 248 g/mol. The summed E-state index contributed by atoms with van der Waals surface area (Å²) in [5.41, 5.74) is 2.64. The Morgan fingerprint density at radius 3 is 2.72 bits per heavy atom. The van der Waals surface area contributed by atoms with Gasteiger partial charge < -0.3 is 10.4 Å². The molecule has 3 nitrogen and oxygen atoms in total. The number of aryl methyl sites for hydroxylation is 2. The maximum atomic E-state index is 9.55. The number of rotatable bonds is 6. The summed E-state index contributed by atoms with van der Waals surface area (Å²) in [7, 11) is 0. The Kier molecular flexibility index (Phi) is 4.23. The van der Waals surface area contributed by atoms with Crippen LogP contribution < -0.4 is 5.32 Å². The standard InChI is InChI=1S/C15H24N2O/c1-3-15(4-2,11-18)10-16-14-9-8-12-6-5-7-13(12)17-14/h8-9,18H,3-7,10-11H2,1-2H3,(H,16,17). The van der Waals surface area contributed by atoms with E-state index in [1.165, 1.54) is 24.1 Å². The summed E-state index contributed by atoms with van der Waals surface area (Å²) in [6.45, 7) is 5.30. The summed E-state index contributed by atoms with van der Waals surface area (Å²) in [5.74, 6) is 0.954. The minimum absolute atomic E-state index is 0.0132. The van der Waals surface area contributed by atoms with Crippen molar-refractivity contribution in [3.63, 3.8) is 0 Å². The quantitative estimate of drug-likeness (QED) is 0.813. The number of anilines is 1. The molecule has 3 heteroatoms. The van der Waals surface area contributed by atoms with Crippen molar-refractivity contribution in [2.75, 3.05) is 18.5 Å². The van der Waals surface area contributed by atoms with Gasteiger partial charge in [-0.3, -0.25) is 0 Å². The highest BCUT2D eigenvalue weighted by molar-refractivity contribution is 5.40. The van der Waals surface area contributed by atoms with Crippen LogP contribution in [0.1, 0.15) is 44.4 Å². The lowest BCUT2D eigenvalue weighted by molar-refractivity contribution is 0.127. The Morgan fingerprint density at radius 1 is 1.28 bits per heavy atom. The molecule has 18 heavy (non-hydrogen) atoms. The lowest BCUT2D eigenvalue weighted by Crippen LogP contribution is -2.32. The van der Waals surface area contributed by atoms with Gasteiger partial charge in [-0.2, -0.15) is 0 Å². The molecule has 0 unspecified atom stereocenters. The van der Waals surface area contributed by atoms with Crippen molar-refractivity contribution in [1.29, 1.82) is 0 Å². The predicted octanol–water partition coefficient (Wildman–Crippen LogP) is 2.78. The van der Waals surface area contributed by atoms with Gasteiger partial charge in [-0.1, -0.05) is 19.9 Å². The molecule has 0 bridgehead atoms. The molecule has 0 saturated heterocycles. The first-order chi connectivity index (χ1) is 8.73. The molecule has 0 amide bonds. The summed E-state index contributed by atoms with van der Waals surface area (Å²) in [6, 6.07) is 4.26. The van der Waals surface area contributed by atoms with Gasteiger partial charge in [0.1, 0.15) is 5.82 Å². The molecule has 0 radical (unpaired) electrons. The number of fused-ring (bicyclic) bond motifs is 1. The van der Waals surface area contributed by atoms with E-state index in [1.807, 2.05) is 0 Å². The lowest BCUT2D eigenvalue weighted by atomic mass is 9.83. The molecule has 1 aliphatic carbocycles. The summed E-state index contributed by atoms with van der Waals surface area (Å²) < 4.78 is 0. The molecule has 1 aliphatic rings. The average Bonchev–Trinajstić information content (AvgIpc) is 2.88. The molecule has 2 N–H and O–H groups in total. The van der Waals surface area contributed by atoms with Crippen LogP contribution in [0.15, 0.2) is 12.1 Å². The zero-order valence-corrected chi connectivity index (χ0v) is 11.5. The van der Waals surface area contributed by atoms with E-state index >= 15 is 0 Å². The molecule has 1 aromatic rings. The van der Waals surface area contributed by atoms with E-state index in [4.69, 9.17) is 0 Å². The largest absolute Gasteiger partial charge is 0.396 e. The van der Waals surface area contributed by atoms with Crippen LogP contribution >= 0.6 is 0 Å². The third-order valence-electron chi connectivity index (χ3n) is 4.41. The number of aliphatic hydroxyl groups excluding tert-OH is 1. The molecule has 1 heterocycles. The van der Waals surface area contributed by atoms with E-state index in [2.05, 4.69) is 36.3 Å². The van der Waals surface area contributed by atoms with E-state index in [-0.39, 0.29) is 12.0 Å². The Morgan fingerprint density at radius 2 is 2.06 bits per heavy atom. The molecule has 100 valence electrons. The first kappa shape index (κ1) is 13.3. The molecule has 0 saturated carbocycles. The molecular formula is C15H24N2O. The van der Waals surface area contributed by atoms with Gasteiger partial charge in [0.05, 0.1) is 6.61 Å². The van der Waals surface area contributed by atoms with Crippen molar-refractivity contribution in [1.82, 2.24) is 4.98 Å². The predicted molar refractivity (Wildman–Crippen MR) is 74.9 cm³/mol. The van der Waals surface area contributed by atoms with Gasteiger partial charge in [-0.25, -0.2) is 4.98 Å². The van der Waals surface area contributed by atoms with Crippen molar-refractivity contribution in [2.24, 2.45) is 5.41 Å². The lowest BCUT2D eigenvalue weighted by Gasteiger charge is -2.29. The molecule has 0 aromatic carbocycles. The first-order valence-electron chi connectivity index (χ1n) is 7.06. The van der Waals surface area contributed by atoms with E-state index in [9.17, 15) is 5.11 Å². The van der Waals surface area contributed by atoms with Gasteiger partial charge >= 0.3 is 0 Å². The van der Waals surface area contributed by atoms with Crippen LogP contribution in [-0.4, -0.2) is 23.2 Å². The molecule has 1 aromatic heterocycles. The number of hydrogen-bond acceptors (Lipinski definition) is 3. The van der Waals surface area contributed by atoms with Crippen LogP contribution in [0, 0.1) is 5.41 Å². The van der Waals surface area contributed by atoms with Crippen LogP contribution in [0.5, 0.6) is 0 Å². The van der Waals surface area contributed by atoms with Crippen LogP contribution in [0.4, 0.5) is 5.82 Å². The molecular weight excluding hydrogens is 224 g/mol. The fraction of sp³-hybridized carbons (Fsp3) is 0.667. The summed E-state index contributed by atoms with van der Waals surface area (Å²) in [6.07, 6.45) is 5.48. The normalized spacial score (nSPS) is 14.6. The number of aromatic nitrogens is 1. The van der Waals surface area contributed by atoms with E-state index < -0.39 is 0 Å². The Bertz CT molecular complexity index is 391. The van der Waals surface area contributed by atoms with Gasteiger partial charge in [0.25, 0.3) is 0 Å². The second-order valence-electron chi connectivity index (χ2n) is 5.37. The highest BCUT2D eigenvalue weighted by Gasteiger charge is 2.25. The molecule has 2 rings (SSSR count). The molecule has 0 fully saturated rings. The smallest absolute Gasteiger partial charge is 0.126 e. The SMILES string of the molecule is CCC(CC)(CO)CNc1ccc2c(n1)CCC2. The summed E-state index contributed by atoms with van der Waals surface area (Å²) in [4.78, 5) is 4.67. The molecule has 0 aliphatic heterocycles. The van der Waals surface area contributed by atoms with E-state index in [1.54, 1.807) is 0 Å². The number of nitrogens with zero attached hydrogens (tertiary/aromatic N) is 1. The Hall–Kier alpha value is -1.09. The second kappa shape index (κ2) is 5.70. The molecule has 0 spiro atoms. The third kappa shape index (κ3) is 2.66. The van der Waals surface area contributed by atoms with Gasteiger partial charge in [0.15, 0.2) is 0 Å². The fourth-order valence-electron chi connectivity index (χ4n) is 2.58. The first-order valence-corrected chi connectivity index (χ1v) is 7.06. The number of hydrogen-bond donors (Lipinski definition) is 2. The Balaban J connectivity index is 2.01. The van der Waals surface area contributed by atoms with E-state index in [0.717, 1.165) is 31.6 Å². The zero-order valence-electron chi connectivity index (χ0n) is 11.5. The summed E-state index contributed by atoms with van der Waals surface area (Å²) in [5, 5.41) is 12.9. The van der Waals surface area contributed by atoms with Crippen LogP contribution in [0.3, 0.4) is 0 Å². The van der Waals surface area contributed by atoms with Crippen molar-refractivity contribution < 1.29 is 5.11 Å². The topological polar surface area (TPSA) is 45.1 Å². The Labute approximate surface area is 110 Å². The van der Waals surface area contributed by atoms with Gasteiger partial charge in [0.2, 0.25) is 0 Å². The average molecular weight is 248 g/mol. The highest BCUT2D eigenvalue weighted by atomic mass is 16.3. The third-order valence-corrected chi connectivity index (χ3v) is 4.41. The second-order valence-corrected chi connectivity index (χ2v) is 5.37. The maximum Gasteiger partial charge on any atom is 0.126 e. The van der Waals surface area contributed by atoms with E-state index in [0.29, 0.717) is 0 Å². The highest BCUT2D eigenvalue weighted by Crippen LogP contribution is 2.27.